The van der Waals surface area contributed by atoms with Gasteiger partial charge in [0.1, 0.15) is 0 Å². The number of benzene rings is 1. The number of nitrogens with one attached hydrogen (secondary N) is 1. The molecule has 2 nitrogen and oxygen atoms in total. The van der Waals surface area contributed by atoms with Gasteiger partial charge in [-0.05, 0) is 12.1 Å². The van der Waals surface area contributed by atoms with E-state index >= 15 is 0 Å². The second-order valence-electron chi connectivity index (χ2n) is 3.13. The quantitative estimate of drug-likeness (QED) is 0.851. The van der Waals surface area contributed by atoms with E-state index in [1.807, 2.05) is 0 Å². The Labute approximate surface area is 105 Å². The lowest BCUT2D eigenvalue weighted by Gasteiger charge is -2.17. The van der Waals surface area contributed by atoms with Gasteiger partial charge >= 0.3 is 0 Å². The number of amides is 1. The van der Waals surface area contributed by atoms with Crippen LogP contribution >= 0.6 is 27.5 Å². The summed E-state index contributed by atoms with van der Waals surface area (Å²) < 4.78 is 27.1. The molecular formula is C10H9BrClF2NO. The third-order valence-corrected chi connectivity index (χ3v) is 2.62. The van der Waals surface area contributed by atoms with Crippen LogP contribution in [0.4, 0.5) is 8.78 Å². The second kappa shape index (κ2) is 5.59. The van der Waals surface area contributed by atoms with E-state index in [0.717, 1.165) is 0 Å². The normalized spacial score (nSPS) is 11.2. The van der Waals surface area contributed by atoms with Gasteiger partial charge in [0.25, 0.3) is 5.92 Å². The van der Waals surface area contributed by atoms with Crippen LogP contribution in [0.2, 0.25) is 5.02 Å². The summed E-state index contributed by atoms with van der Waals surface area (Å²) in [6.07, 6.45) is 0. The fraction of sp³-hybridized carbons (Fsp3) is 0.300. The van der Waals surface area contributed by atoms with Crippen LogP contribution in [0.5, 0.6) is 0 Å². The average molecular weight is 313 g/mol. The highest BCUT2D eigenvalue weighted by atomic mass is 79.9. The van der Waals surface area contributed by atoms with Crippen molar-refractivity contribution in [3.8, 4) is 0 Å². The van der Waals surface area contributed by atoms with Gasteiger partial charge in [-0.2, -0.15) is 8.78 Å². The number of alkyl halides is 3. The summed E-state index contributed by atoms with van der Waals surface area (Å²) in [5.41, 5.74) is -0.213. The second-order valence-corrected chi connectivity index (χ2v) is 4.12. The zero-order chi connectivity index (χ0) is 12.2. The first-order valence-electron chi connectivity index (χ1n) is 4.42. The van der Waals surface area contributed by atoms with Crippen molar-refractivity contribution in [3.63, 3.8) is 0 Å². The Morgan fingerprint density at radius 2 is 2.19 bits per heavy atom. The van der Waals surface area contributed by atoms with Crippen molar-refractivity contribution in [2.24, 2.45) is 0 Å². The fourth-order valence-electron chi connectivity index (χ4n) is 1.07. The standard InChI is InChI=1S/C10H9BrClF2NO/c11-5-9(16)15-6-10(13,14)7-2-1-3-8(12)4-7/h1-4H,5-6H2,(H,15,16). The smallest absolute Gasteiger partial charge is 0.290 e. The Morgan fingerprint density at radius 3 is 2.75 bits per heavy atom. The minimum atomic E-state index is -3.12. The summed E-state index contributed by atoms with van der Waals surface area (Å²) in [5.74, 6) is -3.61. The first-order valence-corrected chi connectivity index (χ1v) is 5.92. The number of hydrogen-bond donors (Lipinski definition) is 1. The molecule has 0 aliphatic heterocycles. The summed E-state index contributed by atoms with van der Waals surface area (Å²) >= 11 is 8.49. The van der Waals surface area contributed by atoms with Gasteiger partial charge in [0.15, 0.2) is 0 Å². The van der Waals surface area contributed by atoms with Gasteiger partial charge in [-0.3, -0.25) is 4.79 Å². The molecule has 1 aromatic carbocycles. The van der Waals surface area contributed by atoms with E-state index < -0.39 is 18.4 Å². The summed E-state index contributed by atoms with van der Waals surface area (Å²) in [5, 5.41) is 2.35. The van der Waals surface area contributed by atoms with Gasteiger partial charge in [0.05, 0.1) is 11.9 Å². The van der Waals surface area contributed by atoms with Crippen molar-refractivity contribution in [1.29, 1.82) is 0 Å². The lowest BCUT2D eigenvalue weighted by atomic mass is 10.1. The zero-order valence-corrected chi connectivity index (χ0v) is 10.5. The Morgan fingerprint density at radius 1 is 1.50 bits per heavy atom. The summed E-state index contributed by atoms with van der Waals surface area (Å²) in [6.45, 7) is -0.738. The lowest BCUT2D eigenvalue weighted by Crippen LogP contribution is -2.35. The Bertz CT molecular complexity index is 387. The van der Waals surface area contributed by atoms with Gasteiger partial charge in [-0.1, -0.05) is 39.7 Å². The van der Waals surface area contributed by atoms with E-state index in [2.05, 4.69) is 21.2 Å². The molecule has 0 fully saturated rings. The van der Waals surface area contributed by atoms with Crippen molar-refractivity contribution in [3.05, 3.63) is 34.9 Å². The van der Waals surface area contributed by atoms with Gasteiger partial charge in [0.2, 0.25) is 5.91 Å². The van der Waals surface area contributed by atoms with Crippen molar-refractivity contribution in [2.75, 3.05) is 11.9 Å². The Balaban J connectivity index is 2.73. The molecule has 1 rings (SSSR count). The predicted molar refractivity (Wildman–Crippen MR) is 62.1 cm³/mol. The minimum Gasteiger partial charge on any atom is -0.349 e. The van der Waals surface area contributed by atoms with Gasteiger partial charge in [-0.15, -0.1) is 0 Å². The van der Waals surface area contributed by atoms with Crippen molar-refractivity contribution < 1.29 is 13.6 Å². The van der Waals surface area contributed by atoms with E-state index in [1.165, 1.54) is 24.3 Å². The van der Waals surface area contributed by atoms with Gasteiger partial charge in [-0.25, -0.2) is 0 Å². The van der Waals surface area contributed by atoms with Gasteiger partial charge < -0.3 is 5.32 Å². The number of rotatable bonds is 4. The van der Waals surface area contributed by atoms with E-state index in [9.17, 15) is 13.6 Å². The summed E-state index contributed by atoms with van der Waals surface area (Å²) in [6, 6.07) is 5.41. The molecule has 0 unspecified atom stereocenters. The molecule has 1 aromatic rings. The van der Waals surface area contributed by atoms with Crippen LogP contribution < -0.4 is 5.32 Å². The molecule has 88 valence electrons. The predicted octanol–water partition coefficient (Wildman–Crippen LogP) is 2.94. The molecule has 0 radical (unpaired) electrons. The largest absolute Gasteiger partial charge is 0.349 e. The first kappa shape index (κ1) is 13.4. The maximum absolute atomic E-state index is 13.5. The number of carbonyl (C=O) groups excluding carboxylic acids is 1. The van der Waals surface area contributed by atoms with Crippen LogP contribution in [-0.4, -0.2) is 17.8 Å². The van der Waals surface area contributed by atoms with Crippen molar-refractivity contribution in [1.82, 2.24) is 5.32 Å². The molecule has 1 amide bonds. The van der Waals surface area contributed by atoms with Crippen molar-refractivity contribution >= 4 is 33.4 Å². The molecule has 0 aromatic heterocycles. The maximum Gasteiger partial charge on any atom is 0.290 e. The third kappa shape index (κ3) is 3.72. The average Bonchev–Trinajstić information content (AvgIpc) is 2.26. The van der Waals surface area contributed by atoms with Crippen LogP contribution in [0.3, 0.4) is 0 Å². The van der Waals surface area contributed by atoms with E-state index in [-0.39, 0.29) is 15.9 Å². The SMILES string of the molecule is O=C(CBr)NCC(F)(F)c1cccc(Cl)c1. The highest BCUT2D eigenvalue weighted by Crippen LogP contribution is 2.28. The molecule has 0 atom stereocenters. The fourth-order valence-corrected chi connectivity index (χ4v) is 1.46. The first-order chi connectivity index (χ1) is 7.45. The highest BCUT2D eigenvalue weighted by Gasteiger charge is 2.31. The van der Waals surface area contributed by atoms with E-state index in [4.69, 9.17) is 11.6 Å². The van der Waals surface area contributed by atoms with Crippen LogP contribution in [-0.2, 0) is 10.7 Å². The number of halogens is 4. The molecule has 0 bridgehead atoms. The Kier molecular flexibility index (Phi) is 4.68. The minimum absolute atomic E-state index is 0.00136. The van der Waals surface area contributed by atoms with Crippen LogP contribution in [0, 0.1) is 0 Å². The molecule has 6 heteroatoms. The third-order valence-electron chi connectivity index (χ3n) is 1.88. The van der Waals surface area contributed by atoms with E-state index in [1.54, 1.807) is 0 Å². The lowest BCUT2D eigenvalue weighted by molar-refractivity contribution is -0.120. The van der Waals surface area contributed by atoms with Gasteiger partial charge in [0, 0.05) is 10.6 Å². The maximum atomic E-state index is 13.5. The zero-order valence-electron chi connectivity index (χ0n) is 8.14. The highest BCUT2D eigenvalue weighted by molar-refractivity contribution is 9.09. The molecule has 0 spiro atoms. The van der Waals surface area contributed by atoms with Crippen LogP contribution in [0.1, 0.15) is 5.56 Å². The number of hydrogen-bond acceptors (Lipinski definition) is 1. The van der Waals surface area contributed by atoms with Crippen LogP contribution in [0.15, 0.2) is 24.3 Å². The van der Waals surface area contributed by atoms with Crippen LogP contribution in [0.25, 0.3) is 0 Å². The summed E-state index contributed by atoms with van der Waals surface area (Å²) in [7, 11) is 0. The number of carbonyl (C=O) groups is 1. The molecule has 16 heavy (non-hydrogen) atoms. The van der Waals surface area contributed by atoms with Crippen molar-refractivity contribution in [2.45, 2.75) is 5.92 Å². The molecule has 0 aliphatic carbocycles. The van der Waals surface area contributed by atoms with E-state index in [0.29, 0.717) is 0 Å². The Hall–Kier alpha value is -0.680. The molecule has 0 aliphatic rings. The molecule has 1 N–H and O–H groups in total. The topological polar surface area (TPSA) is 29.1 Å². The molecule has 0 saturated heterocycles. The molecule has 0 saturated carbocycles. The molecular weight excluding hydrogens is 303 g/mol. The summed E-state index contributed by atoms with van der Waals surface area (Å²) in [4.78, 5) is 10.8. The monoisotopic (exact) mass is 311 g/mol. The molecule has 0 heterocycles.